The molecule has 3 N–H and O–H groups in total. The van der Waals surface area contributed by atoms with Crippen molar-refractivity contribution >= 4 is 17.6 Å². The molecule has 0 fully saturated rings. The maximum absolute atomic E-state index is 13.6. The molecule has 2 atom stereocenters. The fourth-order valence-electron chi connectivity index (χ4n) is 4.50. The van der Waals surface area contributed by atoms with Gasteiger partial charge in [0.25, 0.3) is 0 Å². The standard InChI is InChI=1S/C37H72N2O10/c1-30(2)11-17-44-21-25-48-27-28-49-26-22-45-18-12-34(42)39-32(10-14-37(6,7)8)33(41)29-31(9-13-36(3,4)5)35(43)38-15-19-46-23-24-47-20-16-40/h30-32,40H,9-29H2,1-8H3,(H,38,43)(H,39,42)/t31-,32+/m1/s1. The summed E-state index contributed by atoms with van der Waals surface area (Å²) in [4.78, 5) is 39.7. The molecule has 0 heterocycles. The van der Waals surface area contributed by atoms with Crippen molar-refractivity contribution in [2.75, 3.05) is 92.4 Å². The van der Waals surface area contributed by atoms with Gasteiger partial charge in [-0.15, -0.1) is 0 Å². The first kappa shape index (κ1) is 47.3. The third-order valence-electron chi connectivity index (χ3n) is 7.55. The molecule has 12 heteroatoms. The van der Waals surface area contributed by atoms with E-state index in [9.17, 15) is 14.4 Å². The zero-order valence-electron chi connectivity index (χ0n) is 32.2. The number of aliphatic hydroxyl groups excluding tert-OH is 1. The lowest BCUT2D eigenvalue weighted by Gasteiger charge is -2.26. The molecule has 49 heavy (non-hydrogen) atoms. The second-order valence-corrected chi connectivity index (χ2v) is 15.3. The van der Waals surface area contributed by atoms with E-state index in [1.165, 1.54) is 0 Å². The molecule has 0 saturated heterocycles. The van der Waals surface area contributed by atoms with Crippen LogP contribution in [0.3, 0.4) is 0 Å². The van der Waals surface area contributed by atoms with Gasteiger partial charge in [-0.25, -0.2) is 0 Å². The summed E-state index contributed by atoms with van der Waals surface area (Å²) in [6, 6.07) is -0.678. The number of aliphatic hydroxyl groups is 1. The number of carbonyl (C=O) groups excluding carboxylic acids is 3. The fraction of sp³-hybridized carbons (Fsp3) is 0.919. The highest BCUT2D eigenvalue weighted by Crippen LogP contribution is 2.27. The van der Waals surface area contributed by atoms with Crippen LogP contribution in [0.25, 0.3) is 0 Å². The summed E-state index contributed by atoms with van der Waals surface area (Å²) in [5, 5.41) is 14.6. The number of carbonyl (C=O) groups is 3. The Kier molecular flexibility index (Phi) is 28.0. The molecular formula is C37H72N2O10. The van der Waals surface area contributed by atoms with Gasteiger partial charge in [0.05, 0.1) is 85.3 Å². The summed E-state index contributed by atoms with van der Waals surface area (Å²) >= 11 is 0. The van der Waals surface area contributed by atoms with Gasteiger partial charge in [-0.2, -0.15) is 0 Å². The molecule has 0 saturated carbocycles. The van der Waals surface area contributed by atoms with E-state index in [0.717, 1.165) is 25.9 Å². The van der Waals surface area contributed by atoms with Gasteiger partial charge in [-0.05, 0) is 48.9 Å². The van der Waals surface area contributed by atoms with E-state index >= 15 is 0 Å². The number of hydrogen-bond acceptors (Lipinski definition) is 10. The zero-order valence-corrected chi connectivity index (χ0v) is 32.2. The third-order valence-corrected chi connectivity index (χ3v) is 7.55. The Balaban J connectivity index is 4.73. The van der Waals surface area contributed by atoms with Gasteiger partial charge in [0.2, 0.25) is 11.8 Å². The lowest BCUT2D eigenvalue weighted by atomic mass is 9.83. The Morgan fingerprint density at radius 2 is 1.08 bits per heavy atom. The molecule has 0 rings (SSSR count). The molecule has 0 aromatic heterocycles. The molecule has 0 unspecified atom stereocenters. The van der Waals surface area contributed by atoms with Crippen LogP contribution in [0, 0.1) is 22.7 Å². The summed E-state index contributed by atoms with van der Waals surface area (Å²) in [7, 11) is 0. The van der Waals surface area contributed by atoms with Crippen molar-refractivity contribution in [3.8, 4) is 0 Å². The topological polar surface area (TPSA) is 151 Å². The van der Waals surface area contributed by atoms with Gasteiger partial charge in [0.1, 0.15) is 0 Å². The SMILES string of the molecule is CC(C)CCOCCOCCOCCOCCC(=O)N[C@@H](CCC(C)(C)C)C(=O)C[C@@H](CCC(C)(C)C)C(=O)NCCOCCOCCO. The second-order valence-electron chi connectivity index (χ2n) is 15.3. The summed E-state index contributed by atoms with van der Waals surface area (Å²) in [5.74, 6) is -0.459. The summed E-state index contributed by atoms with van der Waals surface area (Å²) in [6.07, 6.45) is 3.79. The Morgan fingerprint density at radius 3 is 1.59 bits per heavy atom. The van der Waals surface area contributed by atoms with Crippen LogP contribution in [-0.2, 0) is 42.8 Å². The molecule has 0 aliphatic rings. The lowest BCUT2D eigenvalue weighted by Crippen LogP contribution is -2.44. The predicted molar refractivity (Wildman–Crippen MR) is 192 cm³/mol. The minimum Gasteiger partial charge on any atom is -0.394 e. The summed E-state index contributed by atoms with van der Waals surface area (Å²) in [6.45, 7) is 22.3. The molecule has 290 valence electrons. The maximum Gasteiger partial charge on any atom is 0.223 e. The van der Waals surface area contributed by atoms with Crippen molar-refractivity contribution in [1.29, 1.82) is 0 Å². The van der Waals surface area contributed by atoms with E-state index in [-0.39, 0.29) is 61.1 Å². The molecule has 12 nitrogen and oxygen atoms in total. The highest BCUT2D eigenvalue weighted by molar-refractivity contribution is 5.92. The van der Waals surface area contributed by atoms with E-state index in [2.05, 4.69) is 66.0 Å². The quantitative estimate of drug-likeness (QED) is 0.0863. The first-order valence-electron chi connectivity index (χ1n) is 18.3. The molecule has 2 amide bonds. The normalized spacial score (nSPS) is 13.4. The van der Waals surface area contributed by atoms with Crippen molar-refractivity contribution in [2.24, 2.45) is 22.7 Å². The van der Waals surface area contributed by atoms with Crippen LogP contribution in [-0.4, -0.2) is 121 Å². The predicted octanol–water partition coefficient (Wildman–Crippen LogP) is 4.34. The maximum atomic E-state index is 13.6. The van der Waals surface area contributed by atoms with E-state index in [0.29, 0.717) is 84.8 Å². The number of hydrogen-bond donors (Lipinski definition) is 3. The average molecular weight is 705 g/mol. The molecule has 0 aliphatic heterocycles. The van der Waals surface area contributed by atoms with Gasteiger partial charge < -0.3 is 44.2 Å². The molecule has 0 spiro atoms. The number of rotatable bonds is 32. The first-order chi connectivity index (χ1) is 23.1. The van der Waals surface area contributed by atoms with Crippen molar-refractivity contribution in [3.05, 3.63) is 0 Å². The van der Waals surface area contributed by atoms with Gasteiger partial charge in [-0.3, -0.25) is 14.4 Å². The number of amides is 2. The van der Waals surface area contributed by atoms with Crippen LogP contribution < -0.4 is 10.6 Å². The zero-order chi connectivity index (χ0) is 37.0. The Labute approximate surface area is 297 Å². The Hall–Kier alpha value is -1.67. The largest absolute Gasteiger partial charge is 0.394 e. The number of ketones is 1. The third kappa shape index (κ3) is 32.0. The van der Waals surface area contributed by atoms with Crippen molar-refractivity contribution < 1.29 is 47.9 Å². The highest BCUT2D eigenvalue weighted by atomic mass is 16.6. The summed E-state index contributed by atoms with van der Waals surface area (Å²) in [5.41, 5.74) is -0.0230. The Bertz CT molecular complexity index is 842. The highest BCUT2D eigenvalue weighted by Gasteiger charge is 2.29. The van der Waals surface area contributed by atoms with Gasteiger partial charge in [-0.1, -0.05) is 55.4 Å². The minimum atomic E-state index is -0.678. The lowest BCUT2D eigenvalue weighted by molar-refractivity contribution is -0.132. The molecule has 0 bridgehead atoms. The van der Waals surface area contributed by atoms with Crippen LogP contribution in [0.5, 0.6) is 0 Å². The molecular weight excluding hydrogens is 632 g/mol. The van der Waals surface area contributed by atoms with Gasteiger partial charge >= 0.3 is 0 Å². The van der Waals surface area contributed by atoms with Crippen molar-refractivity contribution in [1.82, 2.24) is 10.6 Å². The van der Waals surface area contributed by atoms with Gasteiger partial charge in [0.15, 0.2) is 5.78 Å². The van der Waals surface area contributed by atoms with Crippen molar-refractivity contribution in [3.63, 3.8) is 0 Å². The van der Waals surface area contributed by atoms with Crippen LogP contribution in [0.1, 0.15) is 100 Å². The molecule has 0 aromatic rings. The number of ether oxygens (including phenoxy) is 6. The van der Waals surface area contributed by atoms with Crippen LogP contribution >= 0.6 is 0 Å². The number of Topliss-reactive ketones (excluding diaryl/α,β-unsaturated/α-hetero) is 1. The second kappa shape index (κ2) is 29.0. The smallest absolute Gasteiger partial charge is 0.223 e. The average Bonchev–Trinajstić information content (AvgIpc) is 3.01. The van der Waals surface area contributed by atoms with E-state index in [4.69, 9.17) is 33.5 Å². The van der Waals surface area contributed by atoms with Crippen LogP contribution in [0.15, 0.2) is 0 Å². The summed E-state index contributed by atoms with van der Waals surface area (Å²) < 4.78 is 32.8. The monoisotopic (exact) mass is 705 g/mol. The van der Waals surface area contributed by atoms with Crippen LogP contribution in [0.2, 0.25) is 0 Å². The molecule has 0 aromatic carbocycles. The molecule has 0 radical (unpaired) electrons. The van der Waals surface area contributed by atoms with E-state index < -0.39 is 12.0 Å². The molecule has 0 aliphatic carbocycles. The van der Waals surface area contributed by atoms with E-state index in [1.54, 1.807) is 0 Å². The number of nitrogens with one attached hydrogen (secondary N) is 2. The van der Waals surface area contributed by atoms with Crippen molar-refractivity contribution in [2.45, 2.75) is 106 Å². The van der Waals surface area contributed by atoms with Gasteiger partial charge in [0, 0.05) is 31.9 Å². The van der Waals surface area contributed by atoms with E-state index in [1.807, 2.05) is 0 Å². The first-order valence-corrected chi connectivity index (χ1v) is 18.3. The minimum absolute atomic E-state index is 0.0000103. The Morgan fingerprint density at radius 1 is 0.612 bits per heavy atom. The fourth-order valence-corrected chi connectivity index (χ4v) is 4.50. The van der Waals surface area contributed by atoms with Crippen LogP contribution in [0.4, 0.5) is 0 Å².